The number of fused-ring (bicyclic) bond motifs is 1. The highest BCUT2D eigenvalue weighted by molar-refractivity contribution is 7.27. The molecule has 0 unspecified atom stereocenters. The average Bonchev–Trinajstić information content (AvgIpc) is 2.84. The summed E-state index contributed by atoms with van der Waals surface area (Å²) >= 11 is 9.61. The molecule has 0 aliphatic carbocycles. The Morgan fingerprint density at radius 2 is 2.31 bits per heavy atom. The summed E-state index contributed by atoms with van der Waals surface area (Å²) in [6, 6.07) is 6.35. The van der Waals surface area contributed by atoms with Crippen molar-refractivity contribution < 1.29 is 0 Å². The molecule has 0 radical (unpaired) electrons. The van der Waals surface area contributed by atoms with Crippen LogP contribution in [0.5, 0.6) is 0 Å². The predicted molar refractivity (Wildman–Crippen MR) is 73.0 cm³/mol. The van der Waals surface area contributed by atoms with Gasteiger partial charge in [0.2, 0.25) is 0 Å². The maximum absolute atomic E-state index is 9.03. The molecule has 0 spiro atoms. The molecule has 82 valence electrons. The second-order valence-corrected chi connectivity index (χ2v) is 5.82. The van der Waals surface area contributed by atoms with Crippen molar-refractivity contribution in [3.63, 3.8) is 0 Å². The minimum absolute atomic E-state index is 0.623. The van der Waals surface area contributed by atoms with Crippen LogP contribution in [0, 0.1) is 11.3 Å². The molecule has 0 bridgehead atoms. The Labute approximate surface area is 108 Å². The maximum atomic E-state index is 9.03. The molecular formula is C12H10ClNS2. The Balaban J connectivity index is 2.44. The molecule has 2 aromatic rings. The van der Waals surface area contributed by atoms with E-state index in [1.54, 1.807) is 22.7 Å². The molecule has 2 rings (SSSR count). The first-order chi connectivity index (χ1) is 7.76. The molecule has 0 aliphatic heterocycles. The van der Waals surface area contributed by atoms with Crippen LogP contribution < -0.4 is 0 Å². The number of hydrogen-bond acceptors (Lipinski definition) is 3. The van der Waals surface area contributed by atoms with Crippen LogP contribution in [-0.2, 0) is 0 Å². The lowest BCUT2D eigenvalue weighted by atomic mass is 10.1. The minimum atomic E-state index is 0.623. The Kier molecular flexibility index (Phi) is 3.65. The SMILES string of the molecule is CCC/C(C#N)=C(/Cl)c1cc2sccc2s1. The average molecular weight is 268 g/mol. The summed E-state index contributed by atoms with van der Waals surface area (Å²) in [5.74, 6) is 0. The second kappa shape index (κ2) is 5.01. The van der Waals surface area contributed by atoms with Gasteiger partial charge in [-0.3, -0.25) is 0 Å². The zero-order valence-corrected chi connectivity index (χ0v) is 11.2. The molecule has 0 atom stereocenters. The Morgan fingerprint density at radius 1 is 1.50 bits per heavy atom. The summed E-state index contributed by atoms with van der Waals surface area (Å²) in [5, 5.41) is 11.7. The zero-order valence-electron chi connectivity index (χ0n) is 8.79. The number of nitrogens with zero attached hydrogens (tertiary/aromatic N) is 1. The molecule has 0 N–H and O–H groups in total. The zero-order chi connectivity index (χ0) is 11.5. The predicted octanol–water partition coefficient (Wildman–Crippen LogP) is 5.24. The molecule has 0 saturated carbocycles. The minimum Gasteiger partial charge on any atom is -0.193 e. The Morgan fingerprint density at radius 3 is 2.94 bits per heavy atom. The van der Waals surface area contributed by atoms with E-state index in [9.17, 15) is 0 Å². The van der Waals surface area contributed by atoms with Gasteiger partial charge in [0.1, 0.15) is 0 Å². The highest BCUT2D eigenvalue weighted by Crippen LogP contribution is 2.37. The fourth-order valence-electron chi connectivity index (χ4n) is 1.49. The van der Waals surface area contributed by atoms with Crippen molar-refractivity contribution in [2.45, 2.75) is 19.8 Å². The fraction of sp³-hybridized carbons (Fsp3) is 0.250. The standard InChI is InChI=1S/C12H10ClNS2/c1-2-3-8(7-14)12(13)11-6-10-9(16-11)4-5-15-10/h4-6H,2-3H2,1H3/b12-8-. The molecule has 4 heteroatoms. The van der Waals surface area contributed by atoms with Crippen LogP contribution >= 0.6 is 34.3 Å². The molecule has 2 aromatic heterocycles. The van der Waals surface area contributed by atoms with Crippen molar-refractivity contribution in [1.82, 2.24) is 0 Å². The molecule has 16 heavy (non-hydrogen) atoms. The first-order valence-electron chi connectivity index (χ1n) is 5.02. The van der Waals surface area contributed by atoms with Crippen LogP contribution in [0.15, 0.2) is 23.1 Å². The first-order valence-corrected chi connectivity index (χ1v) is 7.09. The number of hydrogen-bond donors (Lipinski definition) is 0. The van der Waals surface area contributed by atoms with Gasteiger partial charge in [0, 0.05) is 19.9 Å². The molecule has 1 nitrogen and oxygen atoms in total. The van der Waals surface area contributed by atoms with Gasteiger partial charge in [-0.2, -0.15) is 5.26 Å². The van der Waals surface area contributed by atoms with Crippen molar-refractivity contribution in [3.05, 3.63) is 28.0 Å². The highest BCUT2D eigenvalue weighted by Gasteiger charge is 2.10. The lowest BCUT2D eigenvalue weighted by Crippen LogP contribution is -1.81. The Hall–Kier alpha value is -0.820. The summed E-state index contributed by atoms with van der Waals surface area (Å²) in [7, 11) is 0. The number of nitriles is 1. The third-order valence-corrected chi connectivity index (χ3v) is 4.91. The molecule has 0 fully saturated rings. The lowest BCUT2D eigenvalue weighted by molar-refractivity contribution is 0.933. The van der Waals surface area contributed by atoms with Crippen LogP contribution in [0.1, 0.15) is 24.6 Å². The van der Waals surface area contributed by atoms with E-state index >= 15 is 0 Å². The molecule has 0 aliphatic rings. The molecule has 0 aromatic carbocycles. The third kappa shape index (κ3) is 2.15. The monoisotopic (exact) mass is 267 g/mol. The van der Waals surface area contributed by atoms with Gasteiger partial charge in [0.05, 0.1) is 11.1 Å². The van der Waals surface area contributed by atoms with Crippen LogP contribution in [-0.4, -0.2) is 0 Å². The summed E-state index contributed by atoms with van der Waals surface area (Å²) < 4.78 is 2.49. The van der Waals surface area contributed by atoms with Gasteiger partial charge in [-0.1, -0.05) is 24.9 Å². The quantitative estimate of drug-likeness (QED) is 0.698. The van der Waals surface area contributed by atoms with E-state index < -0.39 is 0 Å². The Bertz CT molecular complexity index is 543. The number of halogens is 1. The summed E-state index contributed by atoms with van der Waals surface area (Å²) in [5.41, 5.74) is 0.693. The number of thiophene rings is 2. The largest absolute Gasteiger partial charge is 0.193 e. The van der Waals surface area contributed by atoms with Gasteiger partial charge in [-0.15, -0.1) is 22.7 Å². The van der Waals surface area contributed by atoms with E-state index in [0.717, 1.165) is 17.7 Å². The van der Waals surface area contributed by atoms with E-state index in [0.29, 0.717) is 10.6 Å². The van der Waals surface area contributed by atoms with Gasteiger partial charge >= 0.3 is 0 Å². The third-order valence-electron chi connectivity index (χ3n) is 2.26. The molecule has 2 heterocycles. The lowest BCUT2D eigenvalue weighted by Gasteiger charge is -1.98. The van der Waals surface area contributed by atoms with Crippen LogP contribution in [0.4, 0.5) is 0 Å². The first kappa shape index (κ1) is 11.7. The summed E-state index contributed by atoms with van der Waals surface area (Å²) in [6.07, 6.45) is 1.69. The van der Waals surface area contributed by atoms with Crippen molar-refractivity contribution >= 4 is 48.7 Å². The van der Waals surface area contributed by atoms with Gasteiger partial charge in [-0.05, 0) is 23.9 Å². The normalized spacial score (nSPS) is 12.6. The van der Waals surface area contributed by atoms with E-state index in [2.05, 4.69) is 30.5 Å². The summed E-state index contributed by atoms with van der Waals surface area (Å²) in [6.45, 7) is 2.05. The molecule has 0 saturated heterocycles. The van der Waals surface area contributed by atoms with Crippen LogP contribution in [0.3, 0.4) is 0 Å². The highest BCUT2D eigenvalue weighted by atomic mass is 35.5. The smallest absolute Gasteiger partial charge is 0.0963 e. The van der Waals surface area contributed by atoms with E-state index in [4.69, 9.17) is 16.9 Å². The van der Waals surface area contributed by atoms with Gasteiger partial charge < -0.3 is 0 Å². The van der Waals surface area contributed by atoms with Crippen LogP contribution in [0.25, 0.3) is 14.4 Å². The van der Waals surface area contributed by atoms with Crippen molar-refractivity contribution in [3.8, 4) is 6.07 Å². The van der Waals surface area contributed by atoms with E-state index in [1.165, 1.54) is 9.40 Å². The maximum Gasteiger partial charge on any atom is 0.0963 e. The van der Waals surface area contributed by atoms with Gasteiger partial charge in [-0.25, -0.2) is 0 Å². The topological polar surface area (TPSA) is 23.8 Å². The van der Waals surface area contributed by atoms with Gasteiger partial charge in [0.25, 0.3) is 0 Å². The van der Waals surface area contributed by atoms with E-state index in [-0.39, 0.29) is 0 Å². The summed E-state index contributed by atoms with van der Waals surface area (Å²) in [4.78, 5) is 1.01. The van der Waals surface area contributed by atoms with Crippen molar-refractivity contribution in [1.29, 1.82) is 5.26 Å². The van der Waals surface area contributed by atoms with Crippen molar-refractivity contribution in [2.75, 3.05) is 0 Å². The number of allylic oxidation sites excluding steroid dienone is 1. The van der Waals surface area contributed by atoms with Gasteiger partial charge in [0.15, 0.2) is 0 Å². The van der Waals surface area contributed by atoms with Crippen LogP contribution in [0.2, 0.25) is 0 Å². The second-order valence-electron chi connectivity index (χ2n) is 3.41. The molecule has 0 amide bonds. The fourth-order valence-corrected chi connectivity index (χ4v) is 3.87. The van der Waals surface area contributed by atoms with E-state index in [1.807, 2.05) is 0 Å². The number of rotatable bonds is 3. The van der Waals surface area contributed by atoms with Crippen molar-refractivity contribution in [2.24, 2.45) is 0 Å². The molecular weight excluding hydrogens is 258 g/mol.